The molecule has 2 atom stereocenters. The molecule has 2 aliphatic rings. The number of nitrogens with zero attached hydrogens (tertiary/aromatic N) is 1. The van der Waals surface area contributed by atoms with Gasteiger partial charge in [-0.15, -0.1) is 0 Å². The molecule has 2 aliphatic heterocycles. The first-order valence-electron chi connectivity index (χ1n) is 9.37. The maximum Gasteiger partial charge on any atom is 0.246 e. The Balaban J connectivity index is 1.33. The van der Waals surface area contributed by atoms with Crippen molar-refractivity contribution in [1.29, 1.82) is 0 Å². The van der Waals surface area contributed by atoms with Gasteiger partial charge in [-0.2, -0.15) is 0 Å². The van der Waals surface area contributed by atoms with E-state index < -0.39 is 12.0 Å². The fourth-order valence-electron chi connectivity index (χ4n) is 3.36. The first kappa shape index (κ1) is 18.8. The molecule has 29 heavy (non-hydrogen) atoms. The Morgan fingerprint density at radius 1 is 1.10 bits per heavy atom. The van der Waals surface area contributed by atoms with Crippen molar-refractivity contribution in [3.63, 3.8) is 0 Å². The summed E-state index contributed by atoms with van der Waals surface area (Å²) in [5.74, 6) is -0.0907. The van der Waals surface area contributed by atoms with Gasteiger partial charge in [-0.1, -0.05) is 18.2 Å². The van der Waals surface area contributed by atoms with Gasteiger partial charge in [0.1, 0.15) is 6.04 Å². The van der Waals surface area contributed by atoms with Crippen molar-refractivity contribution in [3.05, 3.63) is 48.5 Å². The van der Waals surface area contributed by atoms with Crippen LogP contribution >= 0.6 is 0 Å². The number of amides is 3. The van der Waals surface area contributed by atoms with Gasteiger partial charge in [-0.05, 0) is 31.2 Å². The van der Waals surface area contributed by atoms with E-state index in [-0.39, 0.29) is 30.9 Å². The van der Waals surface area contributed by atoms with Crippen LogP contribution in [0.4, 0.5) is 11.4 Å². The van der Waals surface area contributed by atoms with Gasteiger partial charge < -0.3 is 25.0 Å². The molecule has 0 aliphatic carbocycles. The molecule has 0 saturated carbocycles. The Bertz CT molecular complexity index is 947. The second kappa shape index (κ2) is 7.83. The molecule has 1 saturated heterocycles. The van der Waals surface area contributed by atoms with Gasteiger partial charge in [0.05, 0.1) is 5.92 Å². The number of rotatable bonds is 5. The maximum absolute atomic E-state index is 12.6. The third-order valence-corrected chi connectivity index (χ3v) is 4.96. The molecule has 1 unspecified atom stereocenters. The number of carbonyl (C=O) groups excluding carboxylic acids is 3. The van der Waals surface area contributed by atoms with Crippen molar-refractivity contribution in [2.45, 2.75) is 19.4 Å². The molecular formula is C21H21N3O5. The number of carbonyl (C=O) groups is 3. The lowest BCUT2D eigenvalue weighted by atomic mass is 10.1. The standard InChI is InChI=1S/C21H21N3O5/c1-13(20(26)23-15-7-8-17-18(10-15)29-12-28-17)22-21(27)14-9-19(25)24(11-14)16-5-3-2-4-6-16/h2-8,10,13-14H,9,11-12H2,1H3,(H,22,27)(H,23,26)/t13-,14?/m1/s1. The van der Waals surface area contributed by atoms with Crippen LogP contribution < -0.4 is 25.0 Å². The third kappa shape index (κ3) is 4.01. The molecule has 0 radical (unpaired) electrons. The zero-order chi connectivity index (χ0) is 20.4. The molecule has 8 nitrogen and oxygen atoms in total. The highest BCUT2D eigenvalue weighted by Crippen LogP contribution is 2.34. The summed E-state index contributed by atoms with van der Waals surface area (Å²) in [4.78, 5) is 38.9. The predicted octanol–water partition coefficient (Wildman–Crippen LogP) is 1.91. The lowest BCUT2D eigenvalue weighted by molar-refractivity contribution is -0.129. The highest BCUT2D eigenvalue weighted by atomic mass is 16.7. The van der Waals surface area contributed by atoms with E-state index in [0.29, 0.717) is 23.7 Å². The van der Waals surface area contributed by atoms with Crippen molar-refractivity contribution in [2.75, 3.05) is 23.6 Å². The molecule has 150 valence electrons. The van der Waals surface area contributed by atoms with Gasteiger partial charge in [0.25, 0.3) is 0 Å². The van der Waals surface area contributed by atoms with Crippen LogP contribution in [0.15, 0.2) is 48.5 Å². The number of anilines is 2. The molecule has 4 rings (SSSR count). The number of para-hydroxylation sites is 1. The zero-order valence-electron chi connectivity index (χ0n) is 15.9. The van der Waals surface area contributed by atoms with E-state index in [0.717, 1.165) is 5.69 Å². The van der Waals surface area contributed by atoms with Crippen molar-refractivity contribution in [2.24, 2.45) is 5.92 Å². The van der Waals surface area contributed by atoms with Gasteiger partial charge in [-0.25, -0.2) is 0 Å². The molecule has 0 aromatic heterocycles. The average molecular weight is 395 g/mol. The SMILES string of the molecule is C[C@@H](NC(=O)C1CC(=O)N(c2ccccc2)C1)C(=O)Nc1ccc2c(c1)OCO2. The normalized spacial score (nSPS) is 18.4. The minimum Gasteiger partial charge on any atom is -0.454 e. The van der Waals surface area contributed by atoms with Crippen LogP contribution in [0.1, 0.15) is 13.3 Å². The summed E-state index contributed by atoms with van der Waals surface area (Å²) in [7, 11) is 0. The van der Waals surface area contributed by atoms with E-state index in [4.69, 9.17) is 9.47 Å². The first-order chi connectivity index (χ1) is 14.0. The van der Waals surface area contributed by atoms with E-state index in [2.05, 4.69) is 10.6 Å². The van der Waals surface area contributed by atoms with E-state index in [1.54, 1.807) is 30.0 Å². The van der Waals surface area contributed by atoms with E-state index in [1.165, 1.54) is 0 Å². The van der Waals surface area contributed by atoms with Crippen LogP contribution in [0.3, 0.4) is 0 Å². The molecule has 2 heterocycles. The van der Waals surface area contributed by atoms with Crippen LogP contribution in [-0.2, 0) is 14.4 Å². The molecule has 3 amide bonds. The maximum atomic E-state index is 12.6. The summed E-state index contributed by atoms with van der Waals surface area (Å²) < 4.78 is 10.5. The molecule has 1 fully saturated rings. The van der Waals surface area contributed by atoms with Crippen molar-refractivity contribution in [1.82, 2.24) is 5.32 Å². The number of benzene rings is 2. The number of ether oxygens (including phenoxy) is 2. The molecule has 2 aromatic carbocycles. The van der Waals surface area contributed by atoms with Crippen LogP contribution in [0.5, 0.6) is 11.5 Å². The lowest BCUT2D eigenvalue weighted by Crippen LogP contribution is -2.44. The summed E-state index contributed by atoms with van der Waals surface area (Å²) in [6, 6.07) is 13.6. The Morgan fingerprint density at radius 3 is 2.66 bits per heavy atom. The summed E-state index contributed by atoms with van der Waals surface area (Å²) in [6.45, 7) is 2.05. The van der Waals surface area contributed by atoms with Crippen molar-refractivity contribution in [3.8, 4) is 11.5 Å². The van der Waals surface area contributed by atoms with Gasteiger partial charge in [0.2, 0.25) is 24.5 Å². The van der Waals surface area contributed by atoms with Gasteiger partial charge in [0.15, 0.2) is 11.5 Å². The lowest BCUT2D eigenvalue weighted by Gasteiger charge is -2.18. The zero-order valence-corrected chi connectivity index (χ0v) is 15.9. The Hall–Kier alpha value is -3.55. The Kier molecular flexibility index (Phi) is 5.07. The summed E-state index contributed by atoms with van der Waals surface area (Å²) in [6.07, 6.45) is 0.122. The second-order valence-electron chi connectivity index (χ2n) is 7.03. The van der Waals surface area contributed by atoms with Crippen LogP contribution in [-0.4, -0.2) is 37.1 Å². The fourth-order valence-corrected chi connectivity index (χ4v) is 3.36. The van der Waals surface area contributed by atoms with Gasteiger partial charge in [-0.3, -0.25) is 14.4 Å². The van der Waals surface area contributed by atoms with Crippen LogP contribution in [0.25, 0.3) is 0 Å². The predicted molar refractivity (Wildman–Crippen MR) is 106 cm³/mol. The van der Waals surface area contributed by atoms with Gasteiger partial charge >= 0.3 is 0 Å². The molecular weight excluding hydrogens is 374 g/mol. The number of hydrogen-bond donors (Lipinski definition) is 2. The molecule has 0 bridgehead atoms. The average Bonchev–Trinajstić information content (AvgIpc) is 3.34. The van der Waals surface area contributed by atoms with Crippen LogP contribution in [0.2, 0.25) is 0 Å². The van der Waals surface area contributed by atoms with Gasteiger partial charge in [0, 0.05) is 30.4 Å². The first-order valence-corrected chi connectivity index (χ1v) is 9.37. The van der Waals surface area contributed by atoms with E-state index >= 15 is 0 Å². The summed E-state index contributed by atoms with van der Waals surface area (Å²) >= 11 is 0. The highest BCUT2D eigenvalue weighted by Gasteiger charge is 2.36. The minimum atomic E-state index is -0.756. The number of nitrogens with one attached hydrogen (secondary N) is 2. The third-order valence-electron chi connectivity index (χ3n) is 4.96. The summed E-state index contributed by atoms with van der Waals surface area (Å²) in [5, 5.41) is 5.45. The second-order valence-corrected chi connectivity index (χ2v) is 7.03. The van der Waals surface area contributed by atoms with Crippen molar-refractivity contribution < 1.29 is 23.9 Å². The minimum absolute atomic E-state index is 0.103. The molecule has 8 heteroatoms. The van der Waals surface area contributed by atoms with E-state index in [1.807, 2.05) is 30.3 Å². The Labute approximate surface area is 167 Å². The molecule has 0 spiro atoms. The fraction of sp³-hybridized carbons (Fsp3) is 0.286. The Morgan fingerprint density at radius 2 is 1.86 bits per heavy atom. The monoisotopic (exact) mass is 395 g/mol. The molecule has 2 N–H and O–H groups in total. The number of hydrogen-bond acceptors (Lipinski definition) is 5. The molecule has 2 aromatic rings. The highest BCUT2D eigenvalue weighted by molar-refractivity contribution is 6.02. The largest absolute Gasteiger partial charge is 0.454 e. The quantitative estimate of drug-likeness (QED) is 0.806. The van der Waals surface area contributed by atoms with Crippen LogP contribution in [0, 0.1) is 5.92 Å². The smallest absolute Gasteiger partial charge is 0.246 e. The van der Waals surface area contributed by atoms with E-state index in [9.17, 15) is 14.4 Å². The topological polar surface area (TPSA) is 97.0 Å². The van der Waals surface area contributed by atoms with Crippen molar-refractivity contribution >= 4 is 29.1 Å². The summed E-state index contributed by atoms with van der Waals surface area (Å²) in [5.41, 5.74) is 1.31. The number of fused-ring (bicyclic) bond motifs is 1.